The number of rotatable bonds is 8. The first-order valence-corrected chi connectivity index (χ1v) is 15.0. The van der Waals surface area contributed by atoms with Gasteiger partial charge >= 0.3 is 0 Å². The molecule has 1 fully saturated rings. The van der Waals surface area contributed by atoms with Crippen LogP contribution in [-0.4, -0.2) is 71.8 Å². The standard InChI is InChI=1S/C26H28ClN3O6S2/c1-20-3-11-24(12-4-20)37(32,33)29-17-15-28(16-18-29)26(31)19-30(22-7-5-21(27)6-8-22)38(34,35)25-13-9-23(36-2)10-14-25/h3-14H,15-19H2,1-2H3. The van der Waals surface area contributed by atoms with Crippen molar-refractivity contribution in [3.05, 3.63) is 83.4 Å². The molecule has 0 aromatic heterocycles. The van der Waals surface area contributed by atoms with Crippen LogP contribution in [0.2, 0.25) is 5.02 Å². The van der Waals surface area contributed by atoms with E-state index in [-0.39, 0.29) is 41.7 Å². The predicted octanol–water partition coefficient (Wildman–Crippen LogP) is 3.39. The van der Waals surface area contributed by atoms with E-state index in [2.05, 4.69) is 0 Å². The van der Waals surface area contributed by atoms with Crippen LogP contribution in [0.4, 0.5) is 5.69 Å². The second-order valence-corrected chi connectivity index (χ2v) is 13.0. The first-order valence-electron chi connectivity index (χ1n) is 11.8. The number of amides is 1. The minimum atomic E-state index is -4.12. The second-order valence-electron chi connectivity index (χ2n) is 8.76. The van der Waals surface area contributed by atoms with Gasteiger partial charge < -0.3 is 9.64 Å². The average Bonchev–Trinajstić information content (AvgIpc) is 2.92. The molecule has 38 heavy (non-hydrogen) atoms. The predicted molar refractivity (Wildman–Crippen MR) is 145 cm³/mol. The van der Waals surface area contributed by atoms with Crippen molar-refractivity contribution in [2.24, 2.45) is 0 Å². The van der Waals surface area contributed by atoms with Crippen LogP contribution in [-0.2, 0) is 24.8 Å². The third-order valence-corrected chi connectivity index (χ3v) is 10.2. The zero-order chi connectivity index (χ0) is 27.5. The molecule has 1 amide bonds. The fourth-order valence-electron chi connectivity index (χ4n) is 4.06. The van der Waals surface area contributed by atoms with Crippen molar-refractivity contribution in [3.63, 3.8) is 0 Å². The Labute approximate surface area is 228 Å². The normalized spacial score (nSPS) is 14.8. The third-order valence-electron chi connectivity index (χ3n) is 6.29. The number of aryl methyl sites for hydroxylation is 1. The number of hydrogen-bond acceptors (Lipinski definition) is 6. The number of ether oxygens (including phenoxy) is 1. The van der Waals surface area contributed by atoms with E-state index < -0.39 is 32.5 Å². The molecule has 9 nitrogen and oxygen atoms in total. The lowest BCUT2D eigenvalue weighted by Crippen LogP contribution is -2.53. The zero-order valence-corrected chi connectivity index (χ0v) is 23.3. The molecule has 1 aliphatic rings. The molecule has 0 radical (unpaired) electrons. The van der Waals surface area contributed by atoms with Crippen LogP contribution in [0.3, 0.4) is 0 Å². The van der Waals surface area contributed by atoms with Gasteiger partial charge in [0.2, 0.25) is 15.9 Å². The summed E-state index contributed by atoms with van der Waals surface area (Å²) in [7, 11) is -6.34. The number of halogens is 1. The van der Waals surface area contributed by atoms with Gasteiger partial charge in [-0.1, -0.05) is 29.3 Å². The van der Waals surface area contributed by atoms with E-state index in [0.29, 0.717) is 10.8 Å². The quantitative estimate of drug-likeness (QED) is 0.406. The van der Waals surface area contributed by atoms with Crippen LogP contribution in [0.5, 0.6) is 5.75 Å². The van der Waals surface area contributed by atoms with Crippen molar-refractivity contribution >= 4 is 43.2 Å². The van der Waals surface area contributed by atoms with Gasteiger partial charge in [0, 0.05) is 31.2 Å². The molecule has 3 aromatic carbocycles. The maximum atomic E-state index is 13.6. The molecule has 1 saturated heterocycles. The van der Waals surface area contributed by atoms with Gasteiger partial charge in [0.15, 0.2) is 0 Å². The van der Waals surface area contributed by atoms with Crippen LogP contribution in [0.25, 0.3) is 0 Å². The largest absolute Gasteiger partial charge is 0.497 e. The minimum absolute atomic E-state index is 0.00457. The maximum absolute atomic E-state index is 13.6. The summed E-state index contributed by atoms with van der Waals surface area (Å²) in [6.07, 6.45) is 0. The molecule has 3 aromatic rings. The number of sulfonamides is 2. The summed E-state index contributed by atoms with van der Waals surface area (Å²) in [6.45, 7) is 1.91. The number of methoxy groups -OCH3 is 1. The molecular formula is C26H28ClN3O6S2. The van der Waals surface area contributed by atoms with Crippen molar-refractivity contribution < 1.29 is 26.4 Å². The van der Waals surface area contributed by atoms with Gasteiger partial charge in [-0.3, -0.25) is 9.10 Å². The first kappa shape index (κ1) is 27.9. The van der Waals surface area contributed by atoms with Crippen LogP contribution >= 0.6 is 11.6 Å². The molecular weight excluding hydrogens is 550 g/mol. The molecule has 1 heterocycles. The van der Waals surface area contributed by atoms with Crippen LogP contribution in [0.15, 0.2) is 82.6 Å². The van der Waals surface area contributed by atoms with E-state index >= 15 is 0 Å². The van der Waals surface area contributed by atoms with Gasteiger partial charge in [-0.05, 0) is 67.6 Å². The monoisotopic (exact) mass is 577 g/mol. The van der Waals surface area contributed by atoms with Gasteiger partial charge in [0.25, 0.3) is 10.0 Å². The Balaban J connectivity index is 1.52. The van der Waals surface area contributed by atoms with Gasteiger partial charge in [-0.25, -0.2) is 16.8 Å². The SMILES string of the molecule is COc1ccc(S(=O)(=O)N(CC(=O)N2CCN(S(=O)(=O)c3ccc(C)cc3)CC2)c2ccc(Cl)cc2)cc1. The first-order chi connectivity index (χ1) is 18.0. The molecule has 0 atom stereocenters. The second kappa shape index (κ2) is 11.3. The molecule has 1 aliphatic heterocycles. The Bertz CT molecular complexity index is 1490. The smallest absolute Gasteiger partial charge is 0.264 e. The minimum Gasteiger partial charge on any atom is -0.497 e. The molecule has 4 rings (SSSR count). The van der Waals surface area contributed by atoms with Gasteiger partial charge in [0.1, 0.15) is 12.3 Å². The van der Waals surface area contributed by atoms with Crippen molar-refractivity contribution in [3.8, 4) is 5.75 Å². The number of piperazine rings is 1. The van der Waals surface area contributed by atoms with Gasteiger partial charge in [-0.15, -0.1) is 0 Å². The Morgan fingerprint density at radius 1 is 0.842 bits per heavy atom. The average molecular weight is 578 g/mol. The highest BCUT2D eigenvalue weighted by Gasteiger charge is 2.33. The lowest BCUT2D eigenvalue weighted by molar-refractivity contribution is -0.130. The number of anilines is 1. The molecule has 0 bridgehead atoms. The van der Waals surface area contributed by atoms with Crippen molar-refractivity contribution in [1.82, 2.24) is 9.21 Å². The fourth-order valence-corrected chi connectivity index (χ4v) is 7.02. The summed E-state index contributed by atoms with van der Waals surface area (Å²) in [5, 5.41) is 0.424. The van der Waals surface area contributed by atoms with Crippen LogP contribution in [0.1, 0.15) is 5.56 Å². The number of carbonyl (C=O) groups excluding carboxylic acids is 1. The van der Waals surface area contributed by atoms with E-state index in [9.17, 15) is 21.6 Å². The lowest BCUT2D eigenvalue weighted by atomic mass is 10.2. The van der Waals surface area contributed by atoms with E-state index in [1.54, 1.807) is 36.4 Å². The van der Waals surface area contributed by atoms with Gasteiger partial charge in [-0.2, -0.15) is 4.31 Å². The fraction of sp³-hybridized carbons (Fsp3) is 0.269. The number of carbonyl (C=O) groups is 1. The van der Waals surface area contributed by atoms with E-state index in [1.807, 2.05) is 6.92 Å². The lowest BCUT2D eigenvalue weighted by Gasteiger charge is -2.35. The van der Waals surface area contributed by atoms with Crippen LogP contribution < -0.4 is 9.04 Å². The Hall–Kier alpha value is -3.12. The molecule has 202 valence electrons. The van der Waals surface area contributed by atoms with Crippen LogP contribution in [0, 0.1) is 6.92 Å². The topological polar surface area (TPSA) is 104 Å². The molecule has 0 spiro atoms. The third kappa shape index (κ3) is 5.96. The molecule has 12 heteroatoms. The summed E-state index contributed by atoms with van der Waals surface area (Å²) in [6, 6.07) is 18.6. The molecule has 0 saturated carbocycles. The van der Waals surface area contributed by atoms with E-state index in [4.69, 9.17) is 16.3 Å². The Morgan fingerprint density at radius 2 is 1.39 bits per heavy atom. The Kier molecular flexibility index (Phi) is 8.31. The van der Waals surface area contributed by atoms with Crippen molar-refractivity contribution in [1.29, 1.82) is 0 Å². The maximum Gasteiger partial charge on any atom is 0.264 e. The van der Waals surface area contributed by atoms with Crippen molar-refractivity contribution in [2.75, 3.05) is 44.1 Å². The number of benzene rings is 3. The highest BCUT2D eigenvalue weighted by atomic mass is 35.5. The summed E-state index contributed by atoms with van der Waals surface area (Å²) in [5.41, 5.74) is 1.23. The van der Waals surface area contributed by atoms with Crippen molar-refractivity contribution in [2.45, 2.75) is 16.7 Å². The highest BCUT2D eigenvalue weighted by molar-refractivity contribution is 7.92. The zero-order valence-electron chi connectivity index (χ0n) is 20.9. The van der Waals surface area contributed by atoms with Gasteiger partial charge in [0.05, 0.1) is 22.6 Å². The summed E-state index contributed by atoms with van der Waals surface area (Å²) in [5.74, 6) is 0.0564. The molecule has 0 unspecified atom stereocenters. The van der Waals surface area contributed by atoms with E-state index in [1.165, 1.54) is 52.7 Å². The summed E-state index contributed by atoms with van der Waals surface area (Å²) in [4.78, 5) is 15.0. The molecule has 0 N–H and O–H groups in total. The number of hydrogen-bond donors (Lipinski definition) is 0. The Morgan fingerprint density at radius 3 is 1.95 bits per heavy atom. The summed E-state index contributed by atoms with van der Waals surface area (Å²) >= 11 is 6.00. The molecule has 0 aliphatic carbocycles. The van der Waals surface area contributed by atoms with E-state index in [0.717, 1.165) is 9.87 Å². The highest BCUT2D eigenvalue weighted by Crippen LogP contribution is 2.27. The number of nitrogens with zero attached hydrogens (tertiary/aromatic N) is 3. The summed E-state index contributed by atoms with van der Waals surface area (Å²) < 4.78 is 60.7.